The molecule has 2 heterocycles. The Bertz CT molecular complexity index is 1010. The van der Waals surface area contributed by atoms with Crippen molar-refractivity contribution in [2.24, 2.45) is 0 Å². The number of imidazole rings is 1. The zero-order valence-corrected chi connectivity index (χ0v) is 15.8. The summed E-state index contributed by atoms with van der Waals surface area (Å²) in [5, 5.41) is 0.694. The van der Waals surface area contributed by atoms with Gasteiger partial charge in [-0.2, -0.15) is 0 Å². The molecule has 3 aromatic rings. The summed E-state index contributed by atoms with van der Waals surface area (Å²) in [6.45, 7) is 0.0192. The van der Waals surface area contributed by atoms with Crippen LogP contribution in [0.1, 0.15) is 16.9 Å². The molecule has 0 atom stereocenters. The fourth-order valence-corrected chi connectivity index (χ4v) is 4.38. The minimum atomic E-state index is -3.37. The number of esters is 1. The van der Waals surface area contributed by atoms with E-state index in [2.05, 4.69) is 4.98 Å². The molecule has 0 saturated carbocycles. The molecule has 0 N–H and O–H groups in total. The number of hydrogen-bond acceptors (Lipinski definition) is 6. The summed E-state index contributed by atoms with van der Waals surface area (Å²) in [4.78, 5) is 16.9. The normalized spacial score (nSPS) is 11.6. The summed E-state index contributed by atoms with van der Waals surface area (Å²) in [6.07, 6.45) is 3.94. The fourth-order valence-electron chi connectivity index (χ4n) is 2.53. The van der Waals surface area contributed by atoms with Gasteiger partial charge in [-0.25, -0.2) is 18.2 Å². The number of hydrogen-bond donors (Lipinski definition) is 0. The number of pyridine rings is 1. The number of sulfone groups is 1. The van der Waals surface area contributed by atoms with Crippen molar-refractivity contribution >= 4 is 33.1 Å². The molecule has 0 unspecified atom stereocenters. The van der Waals surface area contributed by atoms with E-state index in [1.54, 1.807) is 36.4 Å². The second-order valence-electron chi connectivity index (χ2n) is 5.52. The molecule has 0 spiro atoms. The number of carbonyl (C=O) groups excluding carboxylic acids is 1. The van der Waals surface area contributed by atoms with Crippen LogP contribution in [0.4, 0.5) is 0 Å². The smallest absolute Gasteiger partial charge is 0.359 e. The minimum absolute atomic E-state index is 0.0192. The van der Waals surface area contributed by atoms with Crippen molar-refractivity contribution in [3.63, 3.8) is 0 Å². The Balaban J connectivity index is 1.62. The van der Waals surface area contributed by atoms with E-state index in [-0.39, 0.29) is 29.4 Å². The molecule has 2 aromatic heterocycles. The van der Waals surface area contributed by atoms with Gasteiger partial charge in [-0.1, -0.05) is 36.0 Å². The summed E-state index contributed by atoms with van der Waals surface area (Å²) < 4.78 is 31.5. The Kier molecular flexibility index (Phi) is 5.63. The van der Waals surface area contributed by atoms with Gasteiger partial charge in [0.25, 0.3) is 0 Å². The lowest BCUT2D eigenvalue weighted by atomic mass is 10.3. The Hall–Kier alpha value is -2.32. The number of ether oxygens (including phenoxy) is 1. The molecule has 0 amide bonds. The van der Waals surface area contributed by atoms with Crippen LogP contribution in [0.2, 0.25) is 0 Å². The van der Waals surface area contributed by atoms with Crippen molar-refractivity contribution in [3.05, 3.63) is 60.4 Å². The van der Waals surface area contributed by atoms with E-state index in [0.717, 1.165) is 0 Å². The van der Waals surface area contributed by atoms with Gasteiger partial charge in [-0.05, 0) is 36.9 Å². The molecule has 0 fully saturated rings. The number of fused-ring (bicyclic) bond motifs is 1. The van der Waals surface area contributed by atoms with Crippen molar-refractivity contribution < 1.29 is 17.9 Å². The minimum Gasteiger partial charge on any atom is -0.461 e. The molecule has 1 aromatic carbocycles. The number of nitrogens with zero attached hydrogens (tertiary/aromatic N) is 2. The average Bonchev–Trinajstić information content (AvgIpc) is 3.05. The highest BCUT2D eigenvalue weighted by Crippen LogP contribution is 2.20. The zero-order chi connectivity index (χ0) is 18.6. The van der Waals surface area contributed by atoms with Crippen molar-refractivity contribution in [2.75, 3.05) is 18.6 Å². The summed E-state index contributed by atoms with van der Waals surface area (Å²) in [7, 11) is -3.37. The largest absolute Gasteiger partial charge is 0.461 e. The number of benzene rings is 1. The van der Waals surface area contributed by atoms with Crippen molar-refractivity contribution in [1.82, 2.24) is 9.38 Å². The average molecular weight is 390 g/mol. The first-order valence-electron chi connectivity index (χ1n) is 7.99. The van der Waals surface area contributed by atoms with Gasteiger partial charge < -0.3 is 4.74 Å². The van der Waals surface area contributed by atoms with Gasteiger partial charge in [0.15, 0.2) is 20.7 Å². The van der Waals surface area contributed by atoms with E-state index in [0.29, 0.717) is 10.7 Å². The number of aromatic nitrogens is 2. The van der Waals surface area contributed by atoms with E-state index in [1.165, 1.54) is 11.8 Å². The van der Waals surface area contributed by atoms with E-state index < -0.39 is 15.8 Å². The third kappa shape index (κ3) is 3.91. The zero-order valence-electron chi connectivity index (χ0n) is 14.2. The maximum atomic E-state index is 12.3. The van der Waals surface area contributed by atoms with Crippen molar-refractivity contribution in [1.29, 1.82) is 0 Å². The molecule has 26 heavy (non-hydrogen) atoms. The van der Waals surface area contributed by atoms with Crippen molar-refractivity contribution in [2.45, 2.75) is 16.5 Å². The first-order valence-corrected chi connectivity index (χ1v) is 10.9. The molecule has 3 rings (SSSR count). The number of thioether (sulfide) groups is 1. The van der Waals surface area contributed by atoms with Gasteiger partial charge in [0, 0.05) is 6.20 Å². The molecule has 0 aliphatic carbocycles. The van der Waals surface area contributed by atoms with Crippen LogP contribution in [0.15, 0.2) is 64.8 Å². The van der Waals surface area contributed by atoms with Crippen molar-refractivity contribution in [3.8, 4) is 0 Å². The Morgan fingerprint density at radius 2 is 1.88 bits per heavy atom. The summed E-state index contributed by atoms with van der Waals surface area (Å²) in [6, 6.07) is 13.7. The third-order valence-electron chi connectivity index (χ3n) is 3.78. The monoisotopic (exact) mass is 390 g/mol. The van der Waals surface area contributed by atoms with Crippen LogP contribution in [0.3, 0.4) is 0 Å². The van der Waals surface area contributed by atoms with Crippen LogP contribution in [0.25, 0.3) is 5.52 Å². The maximum absolute atomic E-state index is 12.3. The van der Waals surface area contributed by atoms with Gasteiger partial charge in [0.2, 0.25) is 0 Å². The lowest BCUT2D eigenvalue weighted by Gasteiger charge is -2.05. The molecular formula is C18H18N2O4S2. The summed E-state index contributed by atoms with van der Waals surface area (Å²) >= 11 is 1.43. The molecule has 0 bridgehead atoms. The number of rotatable bonds is 7. The van der Waals surface area contributed by atoms with Crippen LogP contribution in [0, 0.1) is 0 Å². The Labute approximate surface area is 156 Å². The van der Waals surface area contributed by atoms with E-state index in [9.17, 15) is 13.2 Å². The topological polar surface area (TPSA) is 77.7 Å². The van der Waals surface area contributed by atoms with Crippen LogP contribution >= 0.6 is 11.8 Å². The van der Waals surface area contributed by atoms with Crippen LogP contribution in [-0.4, -0.2) is 42.4 Å². The lowest BCUT2D eigenvalue weighted by Crippen LogP contribution is -2.12. The molecule has 8 heteroatoms. The van der Waals surface area contributed by atoms with Crippen LogP contribution in [-0.2, 0) is 14.6 Å². The number of carbonyl (C=O) groups is 1. The molecular weight excluding hydrogens is 372 g/mol. The lowest BCUT2D eigenvalue weighted by molar-refractivity contribution is 0.0501. The van der Waals surface area contributed by atoms with Gasteiger partial charge in [0.05, 0.1) is 22.8 Å². The van der Waals surface area contributed by atoms with Gasteiger partial charge >= 0.3 is 5.97 Å². The summed E-state index contributed by atoms with van der Waals surface area (Å²) in [5.41, 5.74) is 0.902. The molecule has 0 radical (unpaired) electrons. The van der Waals surface area contributed by atoms with E-state index >= 15 is 0 Å². The predicted molar refractivity (Wildman–Crippen MR) is 100 cm³/mol. The van der Waals surface area contributed by atoms with E-state index in [1.807, 2.05) is 29.0 Å². The fraction of sp³-hybridized carbons (Fsp3) is 0.222. The van der Waals surface area contributed by atoms with Gasteiger partial charge in [0.1, 0.15) is 0 Å². The van der Waals surface area contributed by atoms with Gasteiger partial charge in [-0.3, -0.25) is 4.40 Å². The highest BCUT2D eigenvalue weighted by atomic mass is 32.2. The SMILES string of the molecule is CSc1nc(C(=O)OCCCS(=O)(=O)c2ccccc2)c2ccccn12. The maximum Gasteiger partial charge on any atom is 0.359 e. The highest BCUT2D eigenvalue weighted by molar-refractivity contribution is 7.98. The molecule has 6 nitrogen and oxygen atoms in total. The second-order valence-corrected chi connectivity index (χ2v) is 8.41. The third-order valence-corrected chi connectivity index (χ3v) is 6.25. The molecule has 0 aliphatic heterocycles. The predicted octanol–water partition coefficient (Wildman–Crippen LogP) is 3.08. The first-order chi connectivity index (χ1) is 12.5. The molecule has 136 valence electrons. The Morgan fingerprint density at radius 3 is 2.62 bits per heavy atom. The van der Waals surface area contributed by atoms with Crippen LogP contribution < -0.4 is 0 Å². The van der Waals surface area contributed by atoms with Gasteiger partial charge in [-0.15, -0.1) is 0 Å². The quantitative estimate of drug-likeness (QED) is 0.350. The van der Waals surface area contributed by atoms with Crippen LogP contribution in [0.5, 0.6) is 0 Å². The summed E-state index contributed by atoms with van der Waals surface area (Å²) in [5.74, 6) is -0.629. The van der Waals surface area contributed by atoms with E-state index in [4.69, 9.17) is 4.74 Å². The standard InChI is InChI=1S/C18H18N2O4S2/c1-25-18-19-16(15-10-5-6-11-20(15)18)17(21)24-12-7-13-26(22,23)14-8-3-2-4-9-14/h2-6,8-11H,7,12-13H2,1H3. The molecule has 0 saturated heterocycles. The Morgan fingerprint density at radius 1 is 1.15 bits per heavy atom. The first kappa shape index (κ1) is 18.5. The molecule has 0 aliphatic rings. The second kappa shape index (κ2) is 7.92. The highest BCUT2D eigenvalue weighted by Gasteiger charge is 2.19.